The summed E-state index contributed by atoms with van der Waals surface area (Å²) in [5, 5.41) is 0.318. The zero-order valence-electron chi connectivity index (χ0n) is 11.3. The maximum absolute atomic E-state index is 12.8. The van der Waals surface area contributed by atoms with Crippen LogP contribution in [0.3, 0.4) is 0 Å². The van der Waals surface area contributed by atoms with Crippen LogP contribution in [-0.4, -0.2) is 30.3 Å². The molecule has 1 aromatic rings. The average molecular weight is 315 g/mol. The zero-order valence-corrected chi connectivity index (χ0v) is 12.9. The topological polar surface area (TPSA) is 50.3 Å². The molecule has 2 fully saturated rings. The predicted octanol–water partition coefficient (Wildman–Crippen LogP) is 3.08. The number of sulfonamides is 1. The van der Waals surface area contributed by atoms with Crippen LogP contribution in [0.15, 0.2) is 23.2 Å². The van der Waals surface area contributed by atoms with Gasteiger partial charge < -0.3 is 0 Å². The normalized spacial score (nSPS) is 28.1. The fourth-order valence-corrected chi connectivity index (χ4v) is 5.34. The third kappa shape index (κ3) is 2.59. The SMILES string of the molecule is O=S(=O)(c1ccc(Cl)nc1)N1CCCC2CCCCC21. The highest BCUT2D eigenvalue weighted by molar-refractivity contribution is 7.89. The highest BCUT2D eigenvalue weighted by Gasteiger charge is 2.39. The van der Waals surface area contributed by atoms with Gasteiger partial charge in [0.15, 0.2) is 0 Å². The van der Waals surface area contributed by atoms with E-state index in [4.69, 9.17) is 11.6 Å². The quantitative estimate of drug-likeness (QED) is 0.788. The maximum atomic E-state index is 12.8. The molecular formula is C14H19ClN2O2S. The van der Waals surface area contributed by atoms with E-state index in [0.29, 0.717) is 17.6 Å². The van der Waals surface area contributed by atoms with Gasteiger partial charge in [-0.25, -0.2) is 13.4 Å². The Labute approximate surface area is 125 Å². The summed E-state index contributed by atoms with van der Waals surface area (Å²) in [4.78, 5) is 4.16. The molecule has 4 nitrogen and oxygen atoms in total. The van der Waals surface area contributed by atoms with Crippen molar-refractivity contribution in [1.82, 2.24) is 9.29 Å². The number of rotatable bonds is 2. The number of hydrogen-bond donors (Lipinski definition) is 0. The molecule has 2 aliphatic rings. The van der Waals surface area contributed by atoms with Crippen LogP contribution in [-0.2, 0) is 10.0 Å². The molecule has 0 aromatic carbocycles. The van der Waals surface area contributed by atoms with Gasteiger partial charge in [-0.1, -0.05) is 24.4 Å². The van der Waals surface area contributed by atoms with E-state index in [2.05, 4.69) is 4.98 Å². The predicted molar refractivity (Wildman–Crippen MR) is 78.1 cm³/mol. The maximum Gasteiger partial charge on any atom is 0.244 e. The minimum atomic E-state index is -3.44. The molecule has 0 N–H and O–H groups in total. The van der Waals surface area contributed by atoms with E-state index in [1.54, 1.807) is 10.4 Å². The first kappa shape index (κ1) is 14.3. The van der Waals surface area contributed by atoms with Crippen LogP contribution >= 0.6 is 11.6 Å². The molecule has 2 atom stereocenters. The fourth-order valence-electron chi connectivity index (χ4n) is 3.53. The van der Waals surface area contributed by atoms with Crippen molar-refractivity contribution in [3.63, 3.8) is 0 Å². The number of fused-ring (bicyclic) bond motifs is 1. The Morgan fingerprint density at radius 1 is 1.15 bits per heavy atom. The van der Waals surface area contributed by atoms with Crippen LogP contribution in [0.5, 0.6) is 0 Å². The van der Waals surface area contributed by atoms with Crippen molar-refractivity contribution < 1.29 is 8.42 Å². The molecule has 0 bridgehead atoms. The van der Waals surface area contributed by atoms with Crippen molar-refractivity contribution in [3.05, 3.63) is 23.5 Å². The number of pyridine rings is 1. The van der Waals surface area contributed by atoms with Crippen molar-refractivity contribution in [3.8, 4) is 0 Å². The van der Waals surface area contributed by atoms with E-state index in [1.807, 2.05) is 0 Å². The highest BCUT2D eigenvalue weighted by Crippen LogP contribution is 2.37. The monoisotopic (exact) mass is 314 g/mol. The van der Waals surface area contributed by atoms with Crippen LogP contribution < -0.4 is 0 Å². The minimum absolute atomic E-state index is 0.179. The molecule has 6 heteroatoms. The van der Waals surface area contributed by atoms with Crippen LogP contribution in [0.25, 0.3) is 0 Å². The minimum Gasteiger partial charge on any atom is -0.243 e. The molecule has 1 saturated carbocycles. The molecular weight excluding hydrogens is 296 g/mol. The summed E-state index contributed by atoms with van der Waals surface area (Å²) in [5.41, 5.74) is 0. The Bertz CT molecular complexity index is 571. The second-order valence-electron chi connectivity index (χ2n) is 5.69. The smallest absolute Gasteiger partial charge is 0.243 e. The van der Waals surface area contributed by atoms with Crippen molar-refractivity contribution >= 4 is 21.6 Å². The molecule has 0 amide bonds. The standard InChI is InChI=1S/C14H19ClN2O2S/c15-14-8-7-12(10-16-14)20(18,19)17-9-3-5-11-4-1-2-6-13(11)17/h7-8,10-11,13H,1-6,9H2. The lowest BCUT2D eigenvalue weighted by Gasteiger charge is -2.43. The largest absolute Gasteiger partial charge is 0.244 e. The van der Waals surface area contributed by atoms with Gasteiger partial charge in [-0.2, -0.15) is 4.31 Å². The lowest BCUT2D eigenvalue weighted by molar-refractivity contribution is 0.129. The summed E-state index contributed by atoms with van der Waals surface area (Å²) >= 11 is 5.74. The molecule has 1 aliphatic heterocycles. The highest BCUT2D eigenvalue weighted by atomic mass is 35.5. The molecule has 1 aliphatic carbocycles. The molecule has 0 radical (unpaired) electrons. The van der Waals surface area contributed by atoms with E-state index < -0.39 is 10.0 Å². The van der Waals surface area contributed by atoms with Gasteiger partial charge in [-0.05, 0) is 43.7 Å². The van der Waals surface area contributed by atoms with Crippen LogP contribution in [0.1, 0.15) is 38.5 Å². The molecule has 2 unspecified atom stereocenters. The summed E-state index contributed by atoms with van der Waals surface area (Å²) in [6.07, 6.45) is 8.01. The van der Waals surface area contributed by atoms with Crippen LogP contribution in [0.4, 0.5) is 0 Å². The van der Waals surface area contributed by atoms with Gasteiger partial charge in [0.25, 0.3) is 0 Å². The molecule has 1 saturated heterocycles. The first-order valence-electron chi connectivity index (χ1n) is 7.22. The van der Waals surface area contributed by atoms with Gasteiger partial charge >= 0.3 is 0 Å². The third-order valence-corrected chi connectivity index (χ3v) is 6.63. The Morgan fingerprint density at radius 2 is 1.90 bits per heavy atom. The summed E-state index contributed by atoms with van der Waals surface area (Å²) in [6, 6.07) is 3.27. The second kappa shape index (κ2) is 5.62. The fraction of sp³-hybridized carbons (Fsp3) is 0.643. The lowest BCUT2D eigenvalue weighted by Crippen LogP contribution is -2.49. The Hall–Kier alpha value is -0.650. The summed E-state index contributed by atoms with van der Waals surface area (Å²) in [6.45, 7) is 0.631. The van der Waals surface area contributed by atoms with E-state index >= 15 is 0 Å². The van der Waals surface area contributed by atoms with Gasteiger partial charge in [0, 0.05) is 18.8 Å². The summed E-state index contributed by atoms with van der Waals surface area (Å²) in [7, 11) is -3.44. The number of hydrogen-bond acceptors (Lipinski definition) is 3. The Balaban J connectivity index is 1.91. The number of piperidine rings is 1. The number of nitrogens with zero attached hydrogens (tertiary/aromatic N) is 2. The zero-order chi connectivity index (χ0) is 14.2. The Kier molecular flexibility index (Phi) is 4.02. The van der Waals surface area contributed by atoms with E-state index in [1.165, 1.54) is 18.7 Å². The average Bonchev–Trinajstić information content (AvgIpc) is 2.47. The van der Waals surface area contributed by atoms with Crippen molar-refractivity contribution in [2.75, 3.05) is 6.54 Å². The van der Waals surface area contributed by atoms with Crippen LogP contribution in [0, 0.1) is 5.92 Å². The molecule has 20 heavy (non-hydrogen) atoms. The van der Waals surface area contributed by atoms with Gasteiger partial charge in [-0.3, -0.25) is 0 Å². The summed E-state index contributed by atoms with van der Waals surface area (Å²) < 4.78 is 27.3. The van der Waals surface area contributed by atoms with Crippen molar-refractivity contribution in [1.29, 1.82) is 0 Å². The first-order chi connectivity index (χ1) is 9.59. The lowest BCUT2D eigenvalue weighted by atomic mass is 9.79. The van der Waals surface area contributed by atoms with Crippen molar-refractivity contribution in [2.24, 2.45) is 5.92 Å². The molecule has 3 rings (SSSR count). The first-order valence-corrected chi connectivity index (χ1v) is 9.04. The number of halogens is 1. The van der Waals surface area contributed by atoms with Gasteiger partial charge in [0.2, 0.25) is 10.0 Å². The molecule has 1 aromatic heterocycles. The Morgan fingerprint density at radius 3 is 2.65 bits per heavy atom. The molecule has 2 heterocycles. The number of aromatic nitrogens is 1. The third-order valence-electron chi connectivity index (χ3n) is 4.50. The molecule has 110 valence electrons. The van der Waals surface area contributed by atoms with Crippen LogP contribution in [0.2, 0.25) is 5.15 Å². The van der Waals surface area contributed by atoms with E-state index in [0.717, 1.165) is 32.1 Å². The van der Waals surface area contributed by atoms with Gasteiger partial charge in [-0.15, -0.1) is 0 Å². The molecule has 0 spiro atoms. The van der Waals surface area contributed by atoms with Gasteiger partial charge in [0.05, 0.1) is 0 Å². The summed E-state index contributed by atoms with van der Waals surface area (Å²) in [5.74, 6) is 0.535. The van der Waals surface area contributed by atoms with Crippen molar-refractivity contribution in [2.45, 2.75) is 49.5 Å². The van der Waals surface area contributed by atoms with E-state index in [-0.39, 0.29) is 10.9 Å². The second-order valence-corrected chi connectivity index (χ2v) is 7.96. The van der Waals surface area contributed by atoms with E-state index in [9.17, 15) is 8.42 Å². The van der Waals surface area contributed by atoms with Gasteiger partial charge in [0.1, 0.15) is 10.0 Å².